The number of hydrogen-bond acceptors (Lipinski definition) is 2. The van der Waals surface area contributed by atoms with E-state index in [1.165, 1.54) is 12.1 Å². The summed E-state index contributed by atoms with van der Waals surface area (Å²) < 4.78 is 43.4. The van der Waals surface area contributed by atoms with E-state index in [0.29, 0.717) is 5.33 Å². The Hall–Kier alpha value is -1.04. The fourth-order valence-electron chi connectivity index (χ4n) is 1.27. The number of carbonyl (C=O) groups is 1. The summed E-state index contributed by atoms with van der Waals surface area (Å²) in [5.74, 6) is -1.31. The molecule has 0 N–H and O–H groups in total. The van der Waals surface area contributed by atoms with Gasteiger partial charge >= 0.3 is 5.97 Å². The number of benzene rings is 1. The Bertz CT molecular complexity index is 432. The summed E-state index contributed by atoms with van der Waals surface area (Å²) in [5.41, 5.74) is -1.01. The van der Waals surface area contributed by atoms with Crippen molar-refractivity contribution in [1.29, 1.82) is 0 Å². The summed E-state index contributed by atoms with van der Waals surface area (Å²) in [4.78, 5) is 11.5. The summed E-state index contributed by atoms with van der Waals surface area (Å²) in [6.45, 7) is 2.08. The van der Waals surface area contributed by atoms with Gasteiger partial charge in [0.1, 0.15) is 0 Å². The zero-order valence-electron chi connectivity index (χ0n) is 10.5. The topological polar surface area (TPSA) is 26.3 Å². The molecule has 106 valence electrons. The molecule has 0 spiro atoms. The minimum Gasteiger partial charge on any atom is -0.451 e. The van der Waals surface area contributed by atoms with Gasteiger partial charge < -0.3 is 4.74 Å². The van der Waals surface area contributed by atoms with E-state index in [4.69, 9.17) is 0 Å². The van der Waals surface area contributed by atoms with E-state index in [0.717, 1.165) is 19.4 Å². The molecule has 0 amide bonds. The lowest BCUT2D eigenvalue weighted by atomic mass is 10.1. The number of halogens is 4. The van der Waals surface area contributed by atoms with Gasteiger partial charge in [-0.15, -0.1) is 0 Å². The predicted octanol–water partition coefficient (Wildman–Crippen LogP) is 4.18. The van der Waals surface area contributed by atoms with Gasteiger partial charge in [0.15, 0.2) is 5.60 Å². The number of rotatable bonds is 5. The zero-order chi connectivity index (χ0) is 14.6. The van der Waals surface area contributed by atoms with Gasteiger partial charge in [-0.25, -0.2) is 18.0 Å². The average molecular weight is 339 g/mol. The van der Waals surface area contributed by atoms with Crippen molar-refractivity contribution in [2.75, 3.05) is 0 Å². The van der Waals surface area contributed by atoms with Crippen LogP contribution in [0.4, 0.5) is 13.2 Å². The van der Waals surface area contributed by atoms with Crippen molar-refractivity contribution in [3.8, 4) is 0 Å². The van der Waals surface area contributed by atoms with Crippen LogP contribution in [-0.4, -0.2) is 18.0 Å². The third kappa shape index (κ3) is 4.23. The van der Waals surface area contributed by atoms with Gasteiger partial charge in [0.25, 0.3) is 6.43 Å². The van der Waals surface area contributed by atoms with E-state index in [2.05, 4.69) is 20.7 Å². The van der Waals surface area contributed by atoms with Gasteiger partial charge in [-0.1, -0.05) is 40.2 Å². The summed E-state index contributed by atoms with van der Waals surface area (Å²) >= 11 is 3.23. The first-order valence-electron chi connectivity index (χ1n) is 5.58. The highest BCUT2D eigenvalue weighted by molar-refractivity contribution is 9.08. The van der Waals surface area contributed by atoms with Crippen LogP contribution in [0.2, 0.25) is 0 Å². The van der Waals surface area contributed by atoms with E-state index >= 15 is 0 Å². The van der Waals surface area contributed by atoms with Crippen molar-refractivity contribution in [2.45, 2.75) is 37.4 Å². The maximum atomic E-state index is 13.8. The van der Waals surface area contributed by atoms with Gasteiger partial charge in [0.2, 0.25) is 6.17 Å². The fraction of sp³-hybridized carbons (Fsp3) is 0.462. The Morgan fingerprint density at radius 3 is 2.21 bits per heavy atom. The third-order valence-electron chi connectivity index (χ3n) is 2.52. The standard InChI is InChI=1S/C13H14BrF3O2/c1-13(2,12(16)17)19-11(18)10(15)9-5-3-8(7-14)4-6-9/h3-6,10,12H,7H2,1-2H3. The molecule has 0 radical (unpaired) electrons. The molecular weight excluding hydrogens is 325 g/mol. The molecule has 2 nitrogen and oxygen atoms in total. The molecule has 0 saturated heterocycles. The van der Waals surface area contributed by atoms with Crippen molar-refractivity contribution < 1.29 is 22.7 Å². The second-order valence-corrected chi connectivity index (χ2v) is 5.12. The van der Waals surface area contributed by atoms with Crippen LogP contribution in [0.25, 0.3) is 0 Å². The van der Waals surface area contributed by atoms with Crippen molar-refractivity contribution in [3.05, 3.63) is 35.4 Å². The monoisotopic (exact) mass is 338 g/mol. The van der Waals surface area contributed by atoms with Crippen LogP contribution in [0.15, 0.2) is 24.3 Å². The summed E-state index contributed by atoms with van der Waals surface area (Å²) in [7, 11) is 0. The van der Waals surface area contributed by atoms with E-state index in [9.17, 15) is 18.0 Å². The maximum absolute atomic E-state index is 13.8. The second kappa shape index (κ2) is 6.41. The summed E-state index contributed by atoms with van der Waals surface area (Å²) in [6.07, 6.45) is -4.94. The molecule has 1 aromatic carbocycles. The number of esters is 1. The van der Waals surface area contributed by atoms with Crippen LogP contribution in [0.5, 0.6) is 0 Å². The Kier molecular flexibility index (Phi) is 5.40. The Morgan fingerprint density at radius 1 is 1.26 bits per heavy atom. The molecule has 19 heavy (non-hydrogen) atoms. The van der Waals surface area contributed by atoms with Gasteiger partial charge in [0, 0.05) is 5.33 Å². The first-order chi connectivity index (χ1) is 8.77. The van der Waals surface area contributed by atoms with E-state index in [1.807, 2.05) is 0 Å². The molecule has 1 atom stereocenters. The minimum atomic E-state index is -2.88. The zero-order valence-corrected chi connectivity index (χ0v) is 12.1. The van der Waals surface area contributed by atoms with Crippen molar-refractivity contribution in [1.82, 2.24) is 0 Å². The van der Waals surface area contributed by atoms with E-state index in [1.54, 1.807) is 12.1 Å². The molecule has 0 saturated carbocycles. The molecule has 1 unspecified atom stereocenters. The average Bonchev–Trinajstić information content (AvgIpc) is 2.37. The first-order valence-corrected chi connectivity index (χ1v) is 6.70. The largest absolute Gasteiger partial charge is 0.451 e. The molecule has 0 aliphatic heterocycles. The maximum Gasteiger partial charge on any atom is 0.346 e. The molecular formula is C13H14BrF3O2. The SMILES string of the molecule is CC(C)(OC(=O)C(F)c1ccc(CBr)cc1)C(F)F. The lowest BCUT2D eigenvalue weighted by Gasteiger charge is -2.24. The normalized spacial score (nSPS) is 13.4. The molecule has 0 aliphatic carbocycles. The van der Waals surface area contributed by atoms with Crippen LogP contribution >= 0.6 is 15.9 Å². The molecule has 0 heterocycles. The van der Waals surface area contributed by atoms with Crippen LogP contribution < -0.4 is 0 Å². The Balaban J connectivity index is 2.76. The lowest BCUT2D eigenvalue weighted by molar-refractivity contribution is -0.177. The molecule has 0 fully saturated rings. The smallest absolute Gasteiger partial charge is 0.346 e. The molecule has 1 rings (SSSR count). The van der Waals surface area contributed by atoms with Crippen molar-refractivity contribution in [2.24, 2.45) is 0 Å². The highest BCUT2D eigenvalue weighted by Gasteiger charge is 2.36. The highest BCUT2D eigenvalue weighted by Crippen LogP contribution is 2.26. The predicted molar refractivity (Wildman–Crippen MR) is 69.1 cm³/mol. The van der Waals surface area contributed by atoms with Crippen molar-refractivity contribution >= 4 is 21.9 Å². The number of ether oxygens (including phenoxy) is 1. The fourth-order valence-corrected chi connectivity index (χ4v) is 1.64. The van der Waals surface area contributed by atoms with Gasteiger partial charge in [0.05, 0.1) is 0 Å². The van der Waals surface area contributed by atoms with Crippen LogP contribution in [0.3, 0.4) is 0 Å². The molecule has 0 bridgehead atoms. The van der Waals surface area contributed by atoms with E-state index < -0.39 is 24.2 Å². The van der Waals surface area contributed by atoms with E-state index in [-0.39, 0.29) is 5.56 Å². The van der Waals surface area contributed by atoms with Gasteiger partial charge in [-0.05, 0) is 25.0 Å². The second-order valence-electron chi connectivity index (χ2n) is 4.56. The van der Waals surface area contributed by atoms with Crippen LogP contribution in [0, 0.1) is 0 Å². The Morgan fingerprint density at radius 2 is 1.79 bits per heavy atom. The highest BCUT2D eigenvalue weighted by atomic mass is 79.9. The summed E-state index contributed by atoms with van der Waals surface area (Å²) in [5, 5.41) is 0.604. The quantitative estimate of drug-likeness (QED) is 0.594. The first kappa shape index (κ1) is 16.0. The summed E-state index contributed by atoms with van der Waals surface area (Å²) in [6, 6.07) is 6.14. The van der Waals surface area contributed by atoms with Crippen LogP contribution in [-0.2, 0) is 14.9 Å². The number of carbonyl (C=O) groups excluding carboxylic acids is 1. The van der Waals surface area contributed by atoms with Crippen molar-refractivity contribution in [3.63, 3.8) is 0 Å². The Labute approximate surface area is 118 Å². The number of alkyl halides is 4. The molecule has 6 heteroatoms. The molecule has 0 aliphatic rings. The lowest BCUT2D eigenvalue weighted by Crippen LogP contribution is -2.36. The molecule has 0 aromatic heterocycles. The van der Waals surface area contributed by atoms with Gasteiger partial charge in [-0.3, -0.25) is 0 Å². The van der Waals surface area contributed by atoms with Gasteiger partial charge in [-0.2, -0.15) is 0 Å². The number of hydrogen-bond donors (Lipinski definition) is 0. The minimum absolute atomic E-state index is 0.0831. The third-order valence-corrected chi connectivity index (χ3v) is 3.17. The molecule has 1 aromatic rings. The van der Waals surface area contributed by atoms with Crippen LogP contribution in [0.1, 0.15) is 31.1 Å².